The molecule has 16 heteroatoms. The van der Waals surface area contributed by atoms with Crippen LogP contribution in [0.2, 0.25) is 10.0 Å². The predicted molar refractivity (Wildman–Crippen MR) is 152 cm³/mol. The molecule has 41 heavy (non-hydrogen) atoms. The maximum atomic E-state index is 13.6. The van der Waals surface area contributed by atoms with Crippen molar-refractivity contribution in [1.29, 1.82) is 0 Å². The molecule has 1 amide bonds. The number of thiocarbonyl (C=S) groups is 1. The highest BCUT2D eigenvalue weighted by molar-refractivity contribution is 7.80. The summed E-state index contributed by atoms with van der Waals surface area (Å²) in [6.07, 6.45) is -1.85. The first-order valence-corrected chi connectivity index (χ1v) is 14.1. The fourth-order valence-electron chi connectivity index (χ4n) is 6.20. The monoisotopic (exact) mass is 632 g/mol. The third kappa shape index (κ3) is 7.19. The van der Waals surface area contributed by atoms with Crippen LogP contribution in [-0.4, -0.2) is 100.0 Å². The number of piperazine rings is 1. The molecule has 0 spiro atoms. The van der Waals surface area contributed by atoms with Crippen LogP contribution in [0.5, 0.6) is 0 Å². The maximum absolute atomic E-state index is 13.6. The lowest BCUT2D eigenvalue weighted by Gasteiger charge is -2.59. The third-order valence-electron chi connectivity index (χ3n) is 8.11. The highest BCUT2D eigenvalue weighted by Crippen LogP contribution is 2.42. The number of hydrogen-bond donors (Lipinski definition) is 6. The number of carbonyl (C=O) groups excluding carboxylic acids is 2. The summed E-state index contributed by atoms with van der Waals surface area (Å²) < 4.78 is -0.214. The number of nitrogens with zero attached hydrogens (tertiary/aromatic N) is 2. The number of quaternary nitrogens is 1. The summed E-state index contributed by atoms with van der Waals surface area (Å²) in [6.45, 7) is 1.58. The van der Waals surface area contributed by atoms with Crippen LogP contribution in [0.15, 0.2) is 18.2 Å². The molecule has 0 aliphatic carbocycles. The van der Waals surface area contributed by atoms with Gasteiger partial charge in [-0.1, -0.05) is 29.3 Å². The van der Waals surface area contributed by atoms with E-state index in [1.807, 2.05) is 0 Å². The number of rotatable bonds is 12. The first-order chi connectivity index (χ1) is 19.1. The van der Waals surface area contributed by atoms with Crippen LogP contribution >= 0.6 is 35.4 Å². The molecule has 2 fully saturated rings. The van der Waals surface area contributed by atoms with E-state index in [0.29, 0.717) is 28.6 Å². The molecule has 2 aliphatic heterocycles. The van der Waals surface area contributed by atoms with E-state index in [1.165, 1.54) is 6.92 Å². The number of benzene rings is 1. The summed E-state index contributed by atoms with van der Waals surface area (Å²) in [6, 6.07) is 4.88. The molecule has 2 aliphatic rings. The number of carboxylic acids is 2. The molecule has 2 heterocycles. The lowest BCUT2D eigenvalue weighted by atomic mass is 9.83. The lowest BCUT2D eigenvalue weighted by molar-refractivity contribution is -0.980. The van der Waals surface area contributed by atoms with Gasteiger partial charge in [0.2, 0.25) is 5.66 Å². The number of nitrogens with two attached hydrogens (primary N) is 1. The first-order valence-electron chi connectivity index (χ1n) is 12.9. The molecule has 13 nitrogen and oxygen atoms in total. The predicted octanol–water partition coefficient (Wildman–Crippen LogP) is -0.210. The number of ketones is 1. The summed E-state index contributed by atoms with van der Waals surface area (Å²) in [4.78, 5) is 51.5. The molecular formula is C25H34Cl2N6O7S. The van der Waals surface area contributed by atoms with E-state index in [0.717, 1.165) is 4.90 Å². The van der Waals surface area contributed by atoms with Gasteiger partial charge in [0.25, 0.3) is 0 Å². The number of hydrazine groups is 1. The average molecular weight is 634 g/mol. The Labute approximate surface area is 252 Å². The standard InChI is InChI=1S/C25H34Cl2N6O7S/c1-24(21(37)38,10-20(35)36)14-33(25(13-30-31-22(28)41)12-29-5-6-32(25)23(39)40)7-4-16(11-33)19(34)9-15-2-3-17(26)18(27)8-15/h2-3,8,16,29-30H,4-7,9-14H2,1H3,(H5-,28,31,35,36,37,38,39,40,41)/t16?,24-,25?,33?/m0/s1. The van der Waals surface area contributed by atoms with Gasteiger partial charge in [-0.05, 0) is 36.8 Å². The molecule has 0 bridgehead atoms. The molecular weight excluding hydrogens is 599 g/mol. The zero-order valence-corrected chi connectivity index (χ0v) is 24.8. The van der Waals surface area contributed by atoms with Gasteiger partial charge in [0.1, 0.15) is 17.3 Å². The van der Waals surface area contributed by atoms with E-state index in [9.17, 15) is 34.5 Å². The Hall–Kier alpha value is -2.75. The van der Waals surface area contributed by atoms with Gasteiger partial charge in [-0.3, -0.25) is 24.3 Å². The Morgan fingerprint density at radius 3 is 2.59 bits per heavy atom. The van der Waals surface area contributed by atoms with Gasteiger partial charge in [0, 0.05) is 25.9 Å². The van der Waals surface area contributed by atoms with Gasteiger partial charge in [-0.25, -0.2) is 5.43 Å². The molecule has 3 rings (SSSR count). The minimum Gasteiger partial charge on any atom is -0.530 e. The highest BCUT2D eigenvalue weighted by atomic mass is 35.5. The van der Waals surface area contributed by atoms with Gasteiger partial charge in [-0.15, -0.1) is 0 Å². The number of halogens is 2. The average Bonchev–Trinajstić information content (AvgIpc) is 3.31. The number of aliphatic carboxylic acids is 2. The summed E-state index contributed by atoms with van der Waals surface area (Å²) in [5.41, 5.74) is 8.45. The second kappa shape index (κ2) is 13.0. The first kappa shape index (κ1) is 32.8. The second-order valence-electron chi connectivity index (χ2n) is 10.9. The van der Waals surface area contributed by atoms with Crippen molar-refractivity contribution in [2.45, 2.75) is 31.8 Å². The molecule has 2 saturated heterocycles. The van der Waals surface area contributed by atoms with Crippen molar-refractivity contribution < 1.29 is 39.0 Å². The van der Waals surface area contributed by atoms with Gasteiger partial charge >= 0.3 is 11.9 Å². The second-order valence-corrected chi connectivity index (χ2v) is 12.2. The molecule has 0 aromatic heterocycles. The van der Waals surface area contributed by atoms with Gasteiger partial charge in [-0.2, -0.15) is 0 Å². The molecule has 0 radical (unpaired) electrons. The number of nitrogens with one attached hydrogen (secondary N) is 3. The SMILES string of the molecule is C[C@](CC(=O)O)(C[N+]1(C2(CNNC(N)=S)CNCCN2C(=O)[O-])CCC(C(=O)Cc2ccc(Cl)c(Cl)c2)C1)C(=O)O. The number of carboxylic acid groups (broad SMARTS) is 3. The van der Waals surface area contributed by atoms with E-state index < -0.39 is 41.4 Å². The fourth-order valence-corrected chi connectivity index (χ4v) is 6.59. The molecule has 3 unspecified atom stereocenters. The molecule has 1 aromatic rings. The largest absolute Gasteiger partial charge is 0.530 e. The van der Waals surface area contributed by atoms with Crippen LogP contribution in [0.4, 0.5) is 4.79 Å². The third-order valence-corrected chi connectivity index (χ3v) is 8.95. The maximum Gasteiger partial charge on any atom is 0.315 e. The van der Waals surface area contributed by atoms with E-state index in [4.69, 9.17) is 41.2 Å². The van der Waals surface area contributed by atoms with Crippen LogP contribution in [0.3, 0.4) is 0 Å². The van der Waals surface area contributed by atoms with Crippen LogP contribution in [0.25, 0.3) is 0 Å². The minimum atomic E-state index is -1.80. The number of hydrogen-bond acceptors (Lipinski definition) is 8. The van der Waals surface area contributed by atoms with Crippen molar-refractivity contribution in [3.05, 3.63) is 33.8 Å². The highest BCUT2D eigenvalue weighted by Gasteiger charge is 2.62. The number of carbonyl (C=O) groups is 4. The minimum absolute atomic E-state index is 0.0156. The van der Waals surface area contributed by atoms with Crippen molar-refractivity contribution >= 4 is 64.3 Å². The van der Waals surface area contributed by atoms with E-state index in [2.05, 4.69) is 16.2 Å². The van der Waals surface area contributed by atoms with Crippen molar-refractivity contribution in [2.75, 3.05) is 45.8 Å². The van der Waals surface area contributed by atoms with Crippen LogP contribution < -0.4 is 27.0 Å². The molecule has 1 aromatic carbocycles. The Bertz CT molecular complexity index is 1220. The fraction of sp³-hybridized carbons (Fsp3) is 0.560. The van der Waals surface area contributed by atoms with Gasteiger partial charge in [0.15, 0.2) is 5.11 Å². The van der Waals surface area contributed by atoms with E-state index in [-0.39, 0.29) is 61.1 Å². The Morgan fingerprint density at radius 1 is 1.29 bits per heavy atom. The lowest BCUT2D eigenvalue weighted by Crippen LogP contribution is -2.83. The normalized spacial score (nSPS) is 25.7. The van der Waals surface area contributed by atoms with E-state index >= 15 is 0 Å². The van der Waals surface area contributed by atoms with Crippen molar-refractivity contribution in [3.63, 3.8) is 0 Å². The Morgan fingerprint density at radius 2 is 2.00 bits per heavy atom. The summed E-state index contributed by atoms with van der Waals surface area (Å²) >= 11 is 17.0. The van der Waals surface area contributed by atoms with Crippen LogP contribution in [0.1, 0.15) is 25.3 Å². The van der Waals surface area contributed by atoms with Crippen LogP contribution in [-0.2, 0) is 20.8 Å². The summed E-state index contributed by atoms with van der Waals surface area (Å²) in [7, 11) is 0. The van der Waals surface area contributed by atoms with Gasteiger partial charge < -0.3 is 36.1 Å². The molecule has 4 atom stereocenters. The summed E-state index contributed by atoms with van der Waals surface area (Å²) in [5.74, 6) is -3.40. The molecule has 226 valence electrons. The van der Waals surface area contributed by atoms with Crippen LogP contribution in [0, 0.1) is 11.3 Å². The number of amides is 1. The molecule has 0 saturated carbocycles. The zero-order valence-electron chi connectivity index (χ0n) is 22.5. The summed E-state index contributed by atoms with van der Waals surface area (Å²) in [5, 5.41) is 36.1. The number of likely N-dealkylation sites (tertiary alicyclic amines) is 1. The van der Waals surface area contributed by atoms with Crippen molar-refractivity contribution in [2.24, 2.45) is 17.1 Å². The zero-order chi connectivity index (χ0) is 30.6. The molecule has 7 N–H and O–H groups in total. The van der Waals surface area contributed by atoms with Crippen molar-refractivity contribution in [1.82, 2.24) is 21.1 Å². The number of Topliss-reactive ketones (excluding diaryl/α,β-unsaturated/α-hetero) is 1. The Kier molecular flexibility index (Phi) is 10.4. The smallest absolute Gasteiger partial charge is 0.315 e. The van der Waals surface area contributed by atoms with E-state index in [1.54, 1.807) is 18.2 Å². The quantitative estimate of drug-likeness (QED) is 0.101. The topological polar surface area (TPSA) is 197 Å². The Balaban J connectivity index is 2.09. The van der Waals surface area contributed by atoms with Gasteiger partial charge in [0.05, 0.1) is 55.1 Å². The van der Waals surface area contributed by atoms with Crippen molar-refractivity contribution in [3.8, 4) is 0 Å².